The molecule has 0 saturated heterocycles. The van der Waals surface area contributed by atoms with Crippen molar-refractivity contribution in [1.82, 2.24) is 25.9 Å². The predicted octanol–water partition coefficient (Wildman–Crippen LogP) is -1.41. The molecule has 4 amide bonds. The van der Waals surface area contributed by atoms with Gasteiger partial charge in [0.05, 0.1) is 18.8 Å². The Morgan fingerprint density at radius 1 is 0.744 bits per heavy atom. The number of amides is 4. The number of phenols is 2. The van der Waals surface area contributed by atoms with E-state index in [0.29, 0.717) is 16.8 Å². The van der Waals surface area contributed by atoms with E-state index in [0.717, 1.165) is 0 Å². The van der Waals surface area contributed by atoms with Crippen LogP contribution < -0.4 is 27.4 Å². The lowest BCUT2D eigenvalue weighted by Crippen LogP contribution is -2.58. The number of aromatic hydroxyl groups is 2. The van der Waals surface area contributed by atoms with Crippen molar-refractivity contribution in [2.75, 3.05) is 0 Å². The molecule has 2 aromatic carbocycles. The predicted molar refractivity (Wildman–Crippen MR) is 151 cm³/mol. The zero-order valence-electron chi connectivity index (χ0n) is 22.9. The van der Waals surface area contributed by atoms with Gasteiger partial charge >= 0.3 is 5.97 Å². The van der Waals surface area contributed by atoms with Crippen molar-refractivity contribution in [2.24, 2.45) is 11.5 Å². The molecule has 0 radical (unpaired) electrons. The third-order valence-corrected chi connectivity index (χ3v) is 6.37. The summed E-state index contributed by atoms with van der Waals surface area (Å²) in [5, 5.41) is 36.5. The fourth-order valence-corrected chi connectivity index (χ4v) is 4.10. The van der Waals surface area contributed by atoms with E-state index in [1.54, 1.807) is 0 Å². The number of primary amides is 1. The van der Waals surface area contributed by atoms with Gasteiger partial charge in [0.25, 0.3) is 0 Å². The smallest absolute Gasteiger partial charge is 0.326 e. The summed E-state index contributed by atoms with van der Waals surface area (Å²) in [7, 11) is 0. The third-order valence-electron chi connectivity index (χ3n) is 6.37. The van der Waals surface area contributed by atoms with Crippen molar-refractivity contribution in [2.45, 2.75) is 49.9 Å². The molecule has 0 bridgehead atoms. The maximum absolute atomic E-state index is 13.6. The fraction of sp³-hybridized carbons (Fsp3) is 0.286. The lowest BCUT2D eigenvalue weighted by molar-refractivity contribution is -0.142. The largest absolute Gasteiger partial charge is 0.508 e. The van der Waals surface area contributed by atoms with Crippen LogP contribution in [0.3, 0.4) is 0 Å². The minimum absolute atomic E-state index is 0.0222. The number of aliphatic carboxylic acids is 1. The molecule has 15 heteroatoms. The molecule has 1 aromatic heterocycles. The minimum atomic E-state index is -1.37. The van der Waals surface area contributed by atoms with Crippen LogP contribution in [0.25, 0.3) is 0 Å². The first-order chi connectivity index (χ1) is 20.4. The molecule has 0 aliphatic heterocycles. The van der Waals surface area contributed by atoms with E-state index in [9.17, 15) is 39.3 Å². The van der Waals surface area contributed by atoms with Gasteiger partial charge in [0.1, 0.15) is 29.6 Å². The Morgan fingerprint density at radius 2 is 1.21 bits per heavy atom. The maximum Gasteiger partial charge on any atom is 0.326 e. The highest BCUT2D eigenvalue weighted by Gasteiger charge is 2.31. The van der Waals surface area contributed by atoms with Crippen molar-refractivity contribution >= 4 is 29.6 Å². The number of benzene rings is 2. The number of H-pyrrole nitrogens is 1. The number of carbonyl (C=O) groups is 5. The summed E-state index contributed by atoms with van der Waals surface area (Å²) >= 11 is 0. The number of rotatable bonds is 15. The van der Waals surface area contributed by atoms with Crippen LogP contribution in [0.15, 0.2) is 61.1 Å². The molecule has 11 N–H and O–H groups in total. The number of nitrogens with one attached hydrogen (secondary N) is 4. The maximum atomic E-state index is 13.6. The summed E-state index contributed by atoms with van der Waals surface area (Å²) in [6.07, 6.45) is 2.00. The van der Waals surface area contributed by atoms with Crippen molar-refractivity contribution in [1.29, 1.82) is 0 Å². The first-order valence-electron chi connectivity index (χ1n) is 13.1. The summed E-state index contributed by atoms with van der Waals surface area (Å²) in [4.78, 5) is 69.5. The van der Waals surface area contributed by atoms with Gasteiger partial charge in [-0.15, -0.1) is 0 Å². The summed E-state index contributed by atoms with van der Waals surface area (Å²) in [5.74, 6) is -4.67. The van der Waals surface area contributed by atoms with Crippen LogP contribution in [-0.2, 0) is 43.2 Å². The highest BCUT2D eigenvalue weighted by atomic mass is 16.4. The van der Waals surface area contributed by atoms with Crippen molar-refractivity contribution < 1.29 is 39.3 Å². The average Bonchev–Trinajstić information content (AvgIpc) is 3.47. The number of aromatic amines is 1. The molecule has 0 fully saturated rings. The minimum Gasteiger partial charge on any atom is -0.508 e. The lowest BCUT2D eigenvalue weighted by atomic mass is 10.0. The van der Waals surface area contributed by atoms with Gasteiger partial charge in [0, 0.05) is 31.2 Å². The molecule has 4 atom stereocenters. The van der Waals surface area contributed by atoms with Crippen LogP contribution in [0.2, 0.25) is 0 Å². The molecule has 43 heavy (non-hydrogen) atoms. The van der Waals surface area contributed by atoms with Gasteiger partial charge in [-0.2, -0.15) is 0 Å². The van der Waals surface area contributed by atoms with Gasteiger partial charge < -0.3 is 47.7 Å². The molecule has 228 valence electrons. The van der Waals surface area contributed by atoms with Gasteiger partial charge in [-0.05, 0) is 35.4 Å². The first-order valence-corrected chi connectivity index (χ1v) is 13.1. The molecule has 1 heterocycles. The van der Waals surface area contributed by atoms with E-state index in [2.05, 4.69) is 25.9 Å². The van der Waals surface area contributed by atoms with E-state index < -0.39 is 60.2 Å². The monoisotopic (exact) mass is 595 g/mol. The molecular formula is C28H33N7O8. The molecule has 0 spiro atoms. The van der Waals surface area contributed by atoms with E-state index >= 15 is 0 Å². The van der Waals surface area contributed by atoms with Gasteiger partial charge in [-0.25, -0.2) is 9.78 Å². The van der Waals surface area contributed by atoms with E-state index in [1.807, 2.05) is 0 Å². The average molecular weight is 596 g/mol. The van der Waals surface area contributed by atoms with Crippen molar-refractivity contribution in [3.63, 3.8) is 0 Å². The normalized spacial score (nSPS) is 13.6. The van der Waals surface area contributed by atoms with Gasteiger partial charge in [0.15, 0.2) is 0 Å². The molecule has 4 unspecified atom stereocenters. The number of hydrogen-bond acceptors (Lipinski definition) is 9. The Bertz CT molecular complexity index is 1410. The Balaban J connectivity index is 1.86. The number of carboxylic acid groups (broad SMARTS) is 1. The zero-order valence-corrected chi connectivity index (χ0v) is 22.9. The van der Waals surface area contributed by atoms with Gasteiger partial charge in [-0.1, -0.05) is 24.3 Å². The molecule has 0 aliphatic carbocycles. The number of nitrogens with two attached hydrogens (primary N) is 2. The second kappa shape index (κ2) is 15.0. The van der Waals surface area contributed by atoms with E-state index in [1.165, 1.54) is 61.1 Å². The van der Waals surface area contributed by atoms with Gasteiger partial charge in [-0.3, -0.25) is 19.2 Å². The molecule has 3 aromatic rings. The SMILES string of the molecule is NC(=O)CC(N)C(=O)NC(Cc1ccc(O)cc1)C(=O)NC(Cc1ccc(O)cc1)C(=O)NC(Cc1cnc[nH]1)C(=O)O. The van der Waals surface area contributed by atoms with E-state index in [-0.39, 0.29) is 30.8 Å². The topological polar surface area (TPSA) is 263 Å². The number of phenolic OH excluding ortho intramolecular Hbond substituents is 2. The molecule has 3 rings (SSSR count). The standard InChI is InChI=1S/C28H33N7O8/c29-20(12-24(30)38)25(39)33-21(9-15-1-5-18(36)6-2-15)26(40)34-22(10-16-3-7-19(37)8-4-16)27(41)35-23(28(42)43)11-17-13-31-14-32-17/h1-8,13-14,20-23,36-37H,9-12,29H2,(H2,30,38)(H,31,32)(H,33,39)(H,34,40)(H,35,41)(H,42,43). The van der Waals surface area contributed by atoms with Crippen LogP contribution >= 0.6 is 0 Å². The second-order valence-corrected chi connectivity index (χ2v) is 9.82. The van der Waals surface area contributed by atoms with E-state index in [4.69, 9.17) is 11.5 Å². The highest BCUT2D eigenvalue weighted by molar-refractivity contribution is 5.95. The lowest BCUT2D eigenvalue weighted by Gasteiger charge is -2.25. The third kappa shape index (κ3) is 10.2. The number of aromatic nitrogens is 2. The highest BCUT2D eigenvalue weighted by Crippen LogP contribution is 2.14. The Labute approximate surface area is 245 Å². The zero-order chi connectivity index (χ0) is 31.5. The Kier molecular flexibility index (Phi) is 11.2. The van der Waals surface area contributed by atoms with Crippen molar-refractivity contribution in [3.8, 4) is 11.5 Å². The molecule has 0 aliphatic rings. The second-order valence-electron chi connectivity index (χ2n) is 9.82. The number of carbonyl (C=O) groups excluding carboxylic acids is 4. The van der Waals surface area contributed by atoms with Crippen LogP contribution in [-0.4, -0.2) is 79.1 Å². The fourth-order valence-electron chi connectivity index (χ4n) is 4.10. The Morgan fingerprint density at radius 3 is 1.63 bits per heavy atom. The molecule has 15 nitrogen and oxygen atoms in total. The number of nitrogens with zero attached hydrogens (tertiary/aromatic N) is 1. The Hall–Kier alpha value is -5.44. The van der Waals surface area contributed by atoms with Gasteiger partial charge in [0.2, 0.25) is 23.6 Å². The first kappa shape index (κ1) is 32.1. The van der Waals surface area contributed by atoms with Crippen LogP contribution in [0.5, 0.6) is 11.5 Å². The quantitative estimate of drug-likeness (QED) is 0.0991. The summed E-state index contributed by atoms with van der Waals surface area (Å²) in [6.45, 7) is 0. The summed E-state index contributed by atoms with van der Waals surface area (Å²) in [5.41, 5.74) is 12.4. The number of hydrogen-bond donors (Lipinski definition) is 9. The van der Waals surface area contributed by atoms with Crippen LogP contribution in [0.4, 0.5) is 0 Å². The molecular weight excluding hydrogens is 562 g/mol. The van der Waals surface area contributed by atoms with Crippen LogP contribution in [0, 0.1) is 0 Å². The molecule has 0 saturated carbocycles. The van der Waals surface area contributed by atoms with Crippen molar-refractivity contribution in [3.05, 3.63) is 77.9 Å². The summed E-state index contributed by atoms with van der Waals surface area (Å²) in [6, 6.07) is 6.32. The van der Waals surface area contributed by atoms with Crippen LogP contribution in [0.1, 0.15) is 23.2 Å². The number of carboxylic acids is 1. The number of imidazole rings is 1. The summed E-state index contributed by atoms with van der Waals surface area (Å²) < 4.78 is 0.